The standard InChI is InChI=1S/C18H16ClN3O/c1-23-13-8-6-12(7-9-13)17-14-10-11-20-18(14)22(21-17)16-5-3-2-4-15(16)19/h2-9,20H,10-11H2,1H3. The molecule has 4 rings (SSSR count). The summed E-state index contributed by atoms with van der Waals surface area (Å²) in [5.41, 5.74) is 4.19. The van der Waals surface area contributed by atoms with Crippen LogP contribution in [0, 0.1) is 0 Å². The van der Waals surface area contributed by atoms with E-state index in [2.05, 4.69) is 5.32 Å². The van der Waals surface area contributed by atoms with Gasteiger partial charge in [-0.05, 0) is 42.8 Å². The van der Waals surface area contributed by atoms with Crippen LogP contribution in [0.4, 0.5) is 5.82 Å². The molecule has 0 fully saturated rings. The first kappa shape index (κ1) is 14.2. The third kappa shape index (κ3) is 2.35. The predicted octanol–water partition coefficient (Wildman–Crippen LogP) is 4.17. The molecule has 0 amide bonds. The van der Waals surface area contributed by atoms with Crippen molar-refractivity contribution in [2.45, 2.75) is 6.42 Å². The van der Waals surface area contributed by atoms with Crippen molar-refractivity contribution in [3.05, 3.63) is 59.1 Å². The van der Waals surface area contributed by atoms with Gasteiger partial charge in [0.2, 0.25) is 0 Å². The van der Waals surface area contributed by atoms with Crippen LogP contribution in [0.15, 0.2) is 48.5 Å². The molecule has 1 aromatic heterocycles. The van der Waals surface area contributed by atoms with Crippen LogP contribution in [0.3, 0.4) is 0 Å². The minimum absolute atomic E-state index is 0.688. The summed E-state index contributed by atoms with van der Waals surface area (Å²) in [6.45, 7) is 0.917. The molecule has 0 unspecified atom stereocenters. The van der Waals surface area contributed by atoms with Gasteiger partial charge in [0.25, 0.3) is 0 Å². The second-order valence-electron chi connectivity index (χ2n) is 5.44. The lowest BCUT2D eigenvalue weighted by molar-refractivity contribution is 0.415. The SMILES string of the molecule is COc1ccc(-c2nn(-c3ccccc3Cl)c3c2CCN3)cc1. The second kappa shape index (κ2) is 5.63. The van der Waals surface area contributed by atoms with Crippen molar-refractivity contribution in [1.82, 2.24) is 9.78 Å². The summed E-state index contributed by atoms with van der Waals surface area (Å²) in [6, 6.07) is 15.7. The Morgan fingerprint density at radius 3 is 2.65 bits per heavy atom. The van der Waals surface area contributed by atoms with Gasteiger partial charge in [-0.25, -0.2) is 4.68 Å². The van der Waals surface area contributed by atoms with Gasteiger partial charge < -0.3 is 10.1 Å². The Labute approximate surface area is 139 Å². The average molecular weight is 326 g/mol. The topological polar surface area (TPSA) is 39.1 Å². The van der Waals surface area contributed by atoms with Crippen LogP contribution in [0.5, 0.6) is 5.75 Å². The number of anilines is 1. The van der Waals surface area contributed by atoms with Gasteiger partial charge in [0, 0.05) is 17.7 Å². The Kier molecular flexibility index (Phi) is 3.46. The molecular formula is C18H16ClN3O. The summed E-state index contributed by atoms with van der Waals surface area (Å²) in [4.78, 5) is 0. The Balaban J connectivity index is 1.86. The molecule has 0 saturated carbocycles. The average Bonchev–Trinajstić information content (AvgIpc) is 3.18. The summed E-state index contributed by atoms with van der Waals surface area (Å²) < 4.78 is 7.14. The Morgan fingerprint density at radius 1 is 1.13 bits per heavy atom. The van der Waals surface area contributed by atoms with Crippen molar-refractivity contribution in [3.8, 4) is 22.7 Å². The molecule has 1 N–H and O–H groups in total. The van der Waals surface area contributed by atoms with Crippen molar-refractivity contribution in [1.29, 1.82) is 0 Å². The number of methoxy groups -OCH3 is 1. The van der Waals surface area contributed by atoms with Crippen molar-refractivity contribution in [3.63, 3.8) is 0 Å². The maximum Gasteiger partial charge on any atom is 0.133 e. The van der Waals surface area contributed by atoms with E-state index in [0.29, 0.717) is 5.02 Å². The van der Waals surface area contributed by atoms with Crippen molar-refractivity contribution < 1.29 is 4.74 Å². The van der Waals surface area contributed by atoms with Gasteiger partial charge in [-0.2, -0.15) is 5.10 Å². The smallest absolute Gasteiger partial charge is 0.133 e. The van der Waals surface area contributed by atoms with Gasteiger partial charge in [-0.3, -0.25) is 0 Å². The van der Waals surface area contributed by atoms with E-state index in [-0.39, 0.29) is 0 Å². The summed E-state index contributed by atoms with van der Waals surface area (Å²) >= 11 is 6.35. The number of nitrogens with one attached hydrogen (secondary N) is 1. The predicted molar refractivity (Wildman–Crippen MR) is 92.8 cm³/mol. The molecule has 1 aliphatic rings. The molecule has 4 nitrogen and oxygen atoms in total. The van der Waals surface area contributed by atoms with E-state index in [0.717, 1.165) is 41.5 Å². The zero-order valence-electron chi connectivity index (χ0n) is 12.7. The molecule has 0 atom stereocenters. The molecule has 116 valence electrons. The monoisotopic (exact) mass is 325 g/mol. The van der Waals surface area contributed by atoms with Crippen LogP contribution < -0.4 is 10.1 Å². The third-order valence-corrected chi connectivity index (χ3v) is 4.41. The van der Waals surface area contributed by atoms with E-state index in [4.69, 9.17) is 21.4 Å². The number of aromatic nitrogens is 2. The van der Waals surface area contributed by atoms with Crippen LogP contribution in [-0.2, 0) is 6.42 Å². The summed E-state index contributed by atoms with van der Waals surface area (Å²) in [5.74, 6) is 1.87. The lowest BCUT2D eigenvalue weighted by Gasteiger charge is -2.08. The third-order valence-electron chi connectivity index (χ3n) is 4.10. The second-order valence-corrected chi connectivity index (χ2v) is 5.85. The van der Waals surface area contributed by atoms with E-state index in [1.54, 1.807) is 7.11 Å². The fraction of sp³-hybridized carbons (Fsp3) is 0.167. The van der Waals surface area contributed by atoms with Crippen molar-refractivity contribution in [2.75, 3.05) is 19.0 Å². The zero-order chi connectivity index (χ0) is 15.8. The molecular weight excluding hydrogens is 310 g/mol. The number of benzene rings is 2. The quantitative estimate of drug-likeness (QED) is 0.785. The highest BCUT2D eigenvalue weighted by molar-refractivity contribution is 6.32. The first-order valence-electron chi connectivity index (χ1n) is 7.53. The minimum atomic E-state index is 0.688. The molecule has 0 radical (unpaired) electrons. The lowest BCUT2D eigenvalue weighted by Crippen LogP contribution is -2.04. The maximum atomic E-state index is 6.35. The Hall–Kier alpha value is -2.46. The van der Waals surface area contributed by atoms with Gasteiger partial charge in [-0.1, -0.05) is 23.7 Å². The summed E-state index contributed by atoms with van der Waals surface area (Å²) in [5, 5.41) is 8.93. The van der Waals surface area contributed by atoms with Gasteiger partial charge in [-0.15, -0.1) is 0 Å². The highest BCUT2D eigenvalue weighted by atomic mass is 35.5. The van der Waals surface area contributed by atoms with Crippen LogP contribution >= 0.6 is 11.6 Å². The van der Waals surface area contributed by atoms with Gasteiger partial charge in [0.1, 0.15) is 11.6 Å². The molecule has 0 bridgehead atoms. The number of rotatable bonds is 3. The summed E-state index contributed by atoms with van der Waals surface area (Å²) in [7, 11) is 1.67. The fourth-order valence-electron chi connectivity index (χ4n) is 2.95. The van der Waals surface area contributed by atoms with Crippen molar-refractivity contribution >= 4 is 17.4 Å². The number of hydrogen-bond donors (Lipinski definition) is 1. The zero-order valence-corrected chi connectivity index (χ0v) is 13.5. The highest BCUT2D eigenvalue weighted by Crippen LogP contribution is 2.36. The molecule has 0 aliphatic carbocycles. The molecule has 0 spiro atoms. The molecule has 2 aromatic carbocycles. The van der Waals surface area contributed by atoms with E-state index in [9.17, 15) is 0 Å². The minimum Gasteiger partial charge on any atom is -0.497 e. The highest BCUT2D eigenvalue weighted by Gasteiger charge is 2.24. The van der Waals surface area contributed by atoms with Crippen LogP contribution in [-0.4, -0.2) is 23.4 Å². The van der Waals surface area contributed by atoms with E-state index in [1.165, 1.54) is 5.56 Å². The molecule has 5 heteroatoms. The first-order chi connectivity index (χ1) is 11.3. The molecule has 0 saturated heterocycles. The Morgan fingerprint density at radius 2 is 1.91 bits per heavy atom. The number of para-hydroxylation sites is 1. The molecule has 3 aromatic rings. The van der Waals surface area contributed by atoms with E-state index in [1.807, 2.05) is 53.2 Å². The number of nitrogens with zero attached hydrogens (tertiary/aromatic N) is 2. The maximum absolute atomic E-state index is 6.35. The molecule has 2 heterocycles. The van der Waals surface area contributed by atoms with Gasteiger partial charge in [0.15, 0.2) is 0 Å². The van der Waals surface area contributed by atoms with Crippen LogP contribution in [0.2, 0.25) is 5.02 Å². The van der Waals surface area contributed by atoms with Crippen LogP contribution in [0.1, 0.15) is 5.56 Å². The number of hydrogen-bond acceptors (Lipinski definition) is 3. The van der Waals surface area contributed by atoms with Gasteiger partial charge in [0.05, 0.1) is 23.5 Å². The lowest BCUT2D eigenvalue weighted by atomic mass is 10.1. The fourth-order valence-corrected chi connectivity index (χ4v) is 3.17. The van der Waals surface area contributed by atoms with Gasteiger partial charge >= 0.3 is 0 Å². The number of halogens is 1. The largest absolute Gasteiger partial charge is 0.497 e. The Bertz CT molecular complexity index is 855. The molecule has 1 aliphatic heterocycles. The molecule has 23 heavy (non-hydrogen) atoms. The number of fused-ring (bicyclic) bond motifs is 1. The van der Waals surface area contributed by atoms with E-state index < -0.39 is 0 Å². The van der Waals surface area contributed by atoms with E-state index >= 15 is 0 Å². The first-order valence-corrected chi connectivity index (χ1v) is 7.91. The number of ether oxygens (including phenoxy) is 1. The van der Waals surface area contributed by atoms with Crippen molar-refractivity contribution in [2.24, 2.45) is 0 Å². The normalized spacial score (nSPS) is 12.8. The summed E-state index contributed by atoms with van der Waals surface area (Å²) in [6.07, 6.45) is 0.959. The van der Waals surface area contributed by atoms with Crippen LogP contribution in [0.25, 0.3) is 16.9 Å².